The highest BCUT2D eigenvalue weighted by Gasteiger charge is 2.27. The Balaban J connectivity index is 2.24. The van der Waals surface area contributed by atoms with Crippen LogP contribution in [-0.2, 0) is 0 Å². The highest BCUT2D eigenvalue weighted by atomic mass is 16.1. The van der Waals surface area contributed by atoms with Gasteiger partial charge in [0.1, 0.15) is 0 Å². The summed E-state index contributed by atoms with van der Waals surface area (Å²) >= 11 is 0. The molecule has 20 heavy (non-hydrogen) atoms. The molecule has 1 aromatic rings. The van der Waals surface area contributed by atoms with Crippen LogP contribution in [0.1, 0.15) is 65.2 Å². The summed E-state index contributed by atoms with van der Waals surface area (Å²) in [5, 5.41) is 0. The predicted molar refractivity (Wildman–Crippen MR) is 79.5 cm³/mol. The Hall–Kier alpha value is -1.42. The molecule has 0 saturated carbocycles. The van der Waals surface area contributed by atoms with E-state index in [2.05, 4.69) is 9.88 Å². The Kier molecular flexibility index (Phi) is 4.43. The molecule has 2 heterocycles. The van der Waals surface area contributed by atoms with Crippen LogP contribution >= 0.6 is 0 Å². The standard InChI is InChI=1S/C16H24N2O2/c1-10-14(13(4)19)11(2)17-15(10)16(20)12(3)18-8-6-5-7-9-18/h12,17H,5-9H2,1-4H3. The number of hydrogen-bond donors (Lipinski definition) is 1. The van der Waals surface area contributed by atoms with Gasteiger partial charge in [-0.2, -0.15) is 0 Å². The quantitative estimate of drug-likeness (QED) is 0.860. The fraction of sp³-hybridized carbons (Fsp3) is 0.625. The molecule has 1 aliphatic heterocycles. The van der Waals surface area contributed by atoms with E-state index in [1.54, 1.807) is 6.92 Å². The Morgan fingerprint density at radius 2 is 1.75 bits per heavy atom. The number of aromatic amines is 1. The van der Waals surface area contributed by atoms with E-state index in [0.29, 0.717) is 11.3 Å². The van der Waals surface area contributed by atoms with E-state index in [0.717, 1.165) is 24.3 Å². The largest absolute Gasteiger partial charge is 0.355 e. The summed E-state index contributed by atoms with van der Waals surface area (Å²) in [4.78, 5) is 29.7. The molecule has 1 aliphatic rings. The van der Waals surface area contributed by atoms with Crippen LogP contribution in [0.2, 0.25) is 0 Å². The SMILES string of the molecule is CC(=O)c1c(C)[nH]c(C(=O)C(C)N2CCCCC2)c1C. The molecule has 1 saturated heterocycles. The van der Waals surface area contributed by atoms with Crippen LogP contribution in [0.25, 0.3) is 0 Å². The summed E-state index contributed by atoms with van der Waals surface area (Å²) in [5.74, 6) is 0.112. The maximum Gasteiger partial charge on any atom is 0.196 e. The molecule has 4 heteroatoms. The molecular weight excluding hydrogens is 252 g/mol. The van der Waals surface area contributed by atoms with Crippen molar-refractivity contribution in [3.63, 3.8) is 0 Å². The third-order valence-corrected chi connectivity index (χ3v) is 4.35. The first kappa shape index (κ1) is 15.0. The van der Waals surface area contributed by atoms with E-state index in [4.69, 9.17) is 0 Å². The number of aromatic nitrogens is 1. The zero-order chi connectivity index (χ0) is 14.9. The van der Waals surface area contributed by atoms with Gasteiger partial charge in [0.2, 0.25) is 0 Å². The number of likely N-dealkylation sites (tertiary alicyclic amines) is 1. The third kappa shape index (κ3) is 2.70. The number of carbonyl (C=O) groups excluding carboxylic acids is 2. The number of aryl methyl sites for hydroxylation is 1. The molecule has 0 amide bonds. The first-order valence-corrected chi connectivity index (χ1v) is 7.41. The molecule has 0 bridgehead atoms. The molecule has 1 atom stereocenters. The Morgan fingerprint density at radius 1 is 1.15 bits per heavy atom. The van der Waals surface area contributed by atoms with Crippen LogP contribution in [0.3, 0.4) is 0 Å². The minimum Gasteiger partial charge on any atom is -0.355 e. The summed E-state index contributed by atoms with van der Waals surface area (Å²) in [6, 6.07) is -0.119. The molecule has 1 aromatic heterocycles. The van der Waals surface area contributed by atoms with Gasteiger partial charge >= 0.3 is 0 Å². The number of nitrogens with zero attached hydrogens (tertiary/aromatic N) is 1. The first-order chi connectivity index (χ1) is 9.43. The molecule has 0 spiro atoms. The smallest absolute Gasteiger partial charge is 0.196 e. The lowest BCUT2D eigenvalue weighted by molar-refractivity contribution is 0.0803. The van der Waals surface area contributed by atoms with Gasteiger partial charge in [-0.05, 0) is 59.2 Å². The van der Waals surface area contributed by atoms with E-state index >= 15 is 0 Å². The molecule has 1 N–H and O–H groups in total. The molecule has 1 unspecified atom stereocenters. The van der Waals surface area contributed by atoms with E-state index < -0.39 is 0 Å². The lowest BCUT2D eigenvalue weighted by atomic mass is 10.0. The monoisotopic (exact) mass is 276 g/mol. The lowest BCUT2D eigenvalue weighted by Crippen LogP contribution is -2.42. The van der Waals surface area contributed by atoms with Crippen molar-refractivity contribution < 1.29 is 9.59 Å². The Morgan fingerprint density at radius 3 is 2.25 bits per heavy atom. The van der Waals surface area contributed by atoms with E-state index in [9.17, 15) is 9.59 Å². The third-order valence-electron chi connectivity index (χ3n) is 4.35. The Labute approximate surface area is 120 Å². The summed E-state index contributed by atoms with van der Waals surface area (Å²) in [7, 11) is 0. The average molecular weight is 276 g/mol. The first-order valence-electron chi connectivity index (χ1n) is 7.41. The molecule has 4 nitrogen and oxygen atoms in total. The molecule has 1 fully saturated rings. The average Bonchev–Trinajstić information content (AvgIpc) is 2.73. The fourth-order valence-corrected chi connectivity index (χ4v) is 3.20. The highest BCUT2D eigenvalue weighted by Crippen LogP contribution is 2.22. The second-order valence-corrected chi connectivity index (χ2v) is 5.82. The molecule has 2 rings (SSSR count). The van der Waals surface area contributed by atoms with Crippen LogP contribution in [0.15, 0.2) is 0 Å². The molecule has 0 aliphatic carbocycles. The molecule has 0 radical (unpaired) electrons. The number of piperidine rings is 1. The lowest BCUT2D eigenvalue weighted by Gasteiger charge is -2.31. The summed E-state index contributed by atoms with van der Waals surface area (Å²) in [6.45, 7) is 9.21. The van der Waals surface area contributed by atoms with Crippen LogP contribution in [0.5, 0.6) is 0 Å². The molecule has 110 valence electrons. The number of hydrogen-bond acceptors (Lipinski definition) is 3. The zero-order valence-electron chi connectivity index (χ0n) is 12.9. The van der Waals surface area contributed by atoms with Gasteiger partial charge in [-0.25, -0.2) is 0 Å². The van der Waals surface area contributed by atoms with Crippen molar-refractivity contribution in [2.24, 2.45) is 0 Å². The van der Waals surface area contributed by atoms with Crippen molar-refractivity contribution in [1.82, 2.24) is 9.88 Å². The molecule has 0 aromatic carbocycles. The van der Waals surface area contributed by atoms with Crippen LogP contribution < -0.4 is 0 Å². The number of ketones is 2. The van der Waals surface area contributed by atoms with Crippen molar-refractivity contribution in [3.8, 4) is 0 Å². The van der Waals surface area contributed by atoms with Gasteiger partial charge in [0, 0.05) is 11.3 Å². The van der Waals surface area contributed by atoms with Gasteiger partial charge < -0.3 is 4.98 Å². The van der Waals surface area contributed by atoms with Gasteiger partial charge in [0.05, 0.1) is 11.7 Å². The normalized spacial score (nSPS) is 18.0. The zero-order valence-corrected chi connectivity index (χ0v) is 12.9. The van der Waals surface area contributed by atoms with Crippen molar-refractivity contribution in [2.75, 3.05) is 13.1 Å². The van der Waals surface area contributed by atoms with Gasteiger partial charge in [0.25, 0.3) is 0 Å². The maximum absolute atomic E-state index is 12.7. The van der Waals surface area contributed by atoms with Gasteiger partial charge in [0.15, 0.2) is 11.6 Å². The number of rotatable bonds is 4. The summed E-state index contributed by atoms with van der Waals surface area (Å²) in [5.41, 5.74) is 2.86. The maximum atomic E-state index is 12.7. The number of nitrogens with one attached hydrogen (secondary N) is 1. The topological polar surface area (TPSA) is 53.2 Å². The van der Waals surface area contributed by atoms with E-state index in [1.165, 1.54) is 19.3 Å². The minimum absolute atomic E-state index is 0.0147. The van der Waals surface area contributed by atoms with Gasteiger partial charge in [-0.15, -0.1) is 0 Å². The van der Waals surface area contributed by atoms with E-state index in [-0.39, 0.29) is 17.6 Å². The van der Waals surface area contributed by atoms with Crippen molar-refractivity contribution in [1.29, 1.82) is 0 Å². The number of Topliss-reactive ketones (excluding diaryl/α,β-unsaturated/α-hetero) is 2. The van der Waals surface area contributed by atoms with Crippen molar-refractivity contribution in [2.45, 2.75) is 53.0 Å². The number of H-pyrrole nitrogens is 1. The van der Waals surface area contributed by atoms with Crippen LogP contribution in [0, 0.1) is 13.8 Å². The summed E-state index contributed by atoms with van der Waals surface area (Å²) in [6.07, 6.45) is 3.59. The fourth-order valence-electron chi connectivity index (χ4n) is 3.20. The minimum atomic E-state index is -0.119. The van der Waals surface area contributed by atoms with Gasteiger partial charge in [-0.3, -0.25) is 14.5 Å². The Bertz CT molecular complexity index is 525. The number of carbonyl (C=O) groups is 2. The van der Waals surface area contributed by atoms with Crippen molar-refractivity contribution >= 4 is 11.6 Å². The van der Waals surface area contributed by atoms with E-state index in [1.807, 2.05) is 20.8 Å². The highest BCUT2D eigenvalue weighted by molar-refractivity contribution is 6.05. The van der Waals surface area contributed by atoms with Crippen LogP contribution in [-0.4, -0.2) is 40.6 Å². The summed E-state index contributed by atoms with van der Waals surface area (Å²) < 4.78 is 0. The van der Waals surface area contributed by atoms with Crippen LogP contribution in [0.4, 0.5) is 0 Å². The van der Waals surface area contributed by atoms with Gasteiger partial charge in [-0.1, -0.05) is 6.42 Å². The predicted octanol–water partition coefficient (Wildman–Crippen LogP) is 2.89. The van der Waals surface area contributed by atoms with Crippen molar-refractivity contribution in [3.05, 3.63) is 22.5 Å². The second kappa shape index (κ2) is 5.92. The molecular formula is C16H24N2O2. The second-order valence-electron chi connectivity index (χ2n) is 5.82.